The Labute approximate surface area is 106 Å². The Kier molecular flexibility index (Phi) is 4.31. The summed E-state index contributed by atoms with van der Waals surface area (Å²) < 4.78 is 9.47. The molecule has 0 aromatic carbocycles. The van der Waals surface area contributed by atoms with Crippen LogP contribution in [-0.4, -0.2) is 48.0 Å². The van der Waals surface area contributed by atoms with Gasteiger partial charge in [0.2, 0.25) is 5.13 Å². The second kappa shape index (κ2) is 5.75. The highest BCUT2D eigenvalue weighted by Crippen LogP contribution is 2.20. The summed E-state index contributed by atoms with van der Waals surface area (Å²) in [6.45, 7) is 5.32. The van der Waals surface area contributed by atoms with E-state index in [1.54, 1.807) is 7.11 Å². The van der Waals surface area contributed by atoms with Crippen molar-refractivity contribution in [3.63, 3.8) is 0 Å². The number of rotatable bonds is 5. The van der Waals surface area contributed by atoms with Crippen LogP contribution in [0.25, 0.3) is 0 Å². The molecule has 6 heteroatoms. The third-order valence-electron chi connectivity index (χ3n) is 3.19. The number of hydrogen-bond donors (Lipinski definition) is 1. The van der Waals surface area contributed by atoms with Crippen LogP contribution in [0.4, 0.5) is 5.13 Å². The fourth-order valence-electron chi connectivity index (χ4n) is 2.00. The molecule has 1 aliphatic rings. The zero-order valence-electron chi connectivity index (χ0n) is 10.6. The highest BCUT2D eigenvalue weighted by Gasteiger charge is 2.19. The van der Waals surface area contributed by atoms with Crippen molar-refractivity contribution in [2.45, 2.75) is 19.4 Å². The van der Waals surface area contributed by atoms with E-state index in [4.69, 9.17) is 4.74 Å². The zero-order chi connectivity index (χ0) is 12.3. The Morgan fingerprint density at radius 3 is 3.12 bits per heavy atom. The number of methoxy groups -OCH3 is 1. The van der Waals surface area contributed by atoms with Crippen LogP contribution in [-0.2, 0) is 4.74 Å². The number of ether oxygens (including phenoxy) is 1. The second-order valence-corrected chi connectivity index (χ2v) is 5.39. The molecule has 96 valence electrons. The Morgan fingerprint density at radius 2 is 2.47 bits per heavy atom. The molecule has 2 rings (SSSR count). The van der Waals surface area contributed by atoms with E-state index in [1.807, 2.05) is 6.92 Å². The first-order valence-electron chi connectivity index (χ1n) is 5.98. The summed E-state index contributed by atoms with van der Waals surface area (Å²) in [5.74, 6) is 1.50. The lowest BCUT2D eigenvalue weighted by molar-refractivity contribution is 0.113. The van der Waals surface area contributed by atoms with Crippen LogP contribution in [0.15, 0.2) is 0 Å². The van der Waals surface area contributed by atoms with Gasteiger partial charge in [0, 0.05) is 31.7 Å². The standard InChI is InChI=1S/C11H20N4OS/c1-8(16-3)10-13-11(17-14-10)12-6-9-4-5-15(2)7-9/h8-9H,4-7H2,1-3H3,(H,12,13,14). The van der Waals surface area contributed by atoms with Crippen molar-refractivity contribution in [1.29, 1.82) is 0 Å². The van der Waals surface area contributed by atoms with E-state index in [2.05, 4.69) is 26.6 Å². The smallest absolute Gasteiger partial charge is 0.202 e. The van der Waals surface area contributed by atoms with Crippen LogP contribution in [0.1, 0.15) is 25.3 Å². The molecule has 0 aliphatic carbocycles. The van der Waals surface area contributed by atoms with E-state index in [9.17, 15) is 0 Å². The largest absolute Gasteiger partial charge is 0.374 e. The lowest BCUT2D eigenvalue weighted by atomic mass is 10.1. The van der Waals surface area contributed by atoms with Crippen molar-refractivity contribution < 1.29 is 4.74 Å². The molecule has 1 saturated heterocycles. The minimum absolute atomic E-state index is 0.0283. The lowest BCUT2D eigenvalue weighted by Crippen LogP contribution is -2.19. The van der Waals surface area contributed by atoms with E-state index < -0.39 is 0 Å². The quantitative estimate of drug-likeness (QED) is 0.867. The predicted octanol–water partition coefficient (Wildman–Crippen LogP) is 1.61. The van der Waals surface area contributed by atoms with Crippen LogP contribution in [0.3, 0.4) is 0 Å². The first kappa shape index (κ1) is 12.7. The van der Waals surface area contributed by atoms with E-state index in [0.29, 0.717) is 0 Å². The summed E-state index contributed by atoms with van der Waals surface area (Å²) in [6.07, 6.45) is 1.24. The molecule has 1 aromatic rings. The minimum atomic E-state index is -0.0283. The summed E-state index contributed by atoms with van der Waals surface area (Å²) in [7, 11) is 3.84. The Hall–Kier alpha value is -0.720. The number of anilines is 1. The highest BCUT2D eigenvalue weighted by atomic mass is 32.1. The Bertz CT molecular complexity index is 357. The number of hydrogen-bond acceptors (Lipinski definition) is 6. The maximum Gasteiger partial charge on any atom is 0.202 e. The molecule has 1 fully saturated rings. The summed E-state index contributed by atoms with van der Waals surface area (Å²) in [5.41, 5.74) is 0. The summed E-state index contributed by atoms with van der Waals surface area (Å²) in [6, 6.07) is 0. The van der Waals surface area contributed by atoms with E-state index >= 15 is 0 Å². The summed E-state index contributed by atoms with van der Waals surface area (Å²) in [5, 5.41) is 4.27. The molecule has 0 bridgehead atoms. The van der Waals surface area contributed by atoms with Crippen LogP contribution >= 0.6 is 11.5 Å². The molecule has 0 radical (unpaired) electrons. The molecule has 5 nitrogen and oxygen atoms in total. The van der Waals surface area contributed by atoms with Crippen LogP contribution in [0.2, 0.25) is 0 Å². The maximum atomic E-state index is 5.19. The van der Waals surface area contributed by atoms with Gasteiger partial charge in [-0.25, -0.2) is 4.98 Å². The average molecular weight is 256 g/mol. The molecule has 2 heterocycles. The van der Waals surface area contributed by atoms with Gasteiger partial charge in [0.05, 0.1) is 0 Å². The monoisotopic (exact) mass is 256 g/mol. The van der Waals surface area contributed by atoms with Gasteiger partial charge in [-0.2, -0.15) is 4.37 Å². The number of aromatic nitrogens is 2. The molecule has 1 aromatic heterocycles. The van der Waals surface area contributed by atoms with Gasteiger partial charge in [-0.15, -0.1) is 0 Å². The van der Waals surface area contributed by atoms with Crippen molar-refractivity contribution in [1.82, 2.24) is 14.3 Å². The van der Waals surface area contributed by atoms with E-state index in [1.165, 1.54) is 31.0 Å². The third kappa shape index (κ3) is 3.37. The van der Waals surface area contributed by atoms with Gasteiger partial charge in [0.25, 0.3) is 0 Å². The van der Waals surface area contributed by atoms with Gasteiger partial charge in [-0.3, -0.25) is 0 Å². The zero-order valence-corrected chi connectivity index (χ0v) is 11.5. The molecule has 0 saturated carbocycles. The fraction of sp³-hybridized carbons (Fsp3) is 0.818. The normalized spacial score (nSPS) is 22.9. The van der Waals surface area contributed by atoms with Gasteiger partial charge >= 0.3 is 0 Å². The van der Waals surface area contributed by atoms with Crippen LogP contribution in [0.5, 0.6) is 0 Å². The molecule has 0 spiro atoms. The third-order valence-corrected chi connectivity index (χ3v) is 3.88. The van der Waals surface area contributed by atoms with Gasteiger partial charge in [0.1, 0.15) is 6.10 Å². The fourth-order valence-corrected chi connectivity index (χ4v) is 2.65. The second-order valence-electron chi connectivity index (χ2n) is 4.63. The maximum absolute atomic E-state index is 5.19. The average Bonchev–Trinajstić information content (AvgIpc) is 2.94. The van der Waals surface area contributed by atoms with E-state index in [0.717, 1.165) is 23.4 Å². The minimum Gasteiger partial charge on any atom is -0.374 e. The molecule has 2 unspecified atom stereocenters. The van der Waals surface area contributed by atoms with E-state index in [-0.39, 0.29) is 6.10 Å². The van der Waals surface area contributed by atoms with Crippen molar-refractivity contribution >= 4 is 16.7 Å². The molecule has 1 aliphatic heterocycles. The van der Waals surface area contributed by atoms with Crippen molar-refractivity contribution in [3.8, 4) is 0 Å². The molecular formula is C11H20N4OS. The summed E-state index contributed by atoms with van der Waals surface area (Å²) in [4.78, 5) is 6.78. The SMILES string of the molecule is COC(C)c1nsc(NCC2CCN(C)C2)n1. The lowest BCUT2D eigenvalue weighted by Gasteiger charge is -2.10. The molecule has 0 amide bonds. The topological polar surface area (TPSA) is 50.3 Å². The van der Waals surface area contributed by atoms with Crippen molar-refractivity contribution in [2.75, 3.05) is 39.1 Å². The van der Waals surface area contributed by atoms with Gasteiger partial charge in [0.15, 0.2) is 5.82 Å². The number of likely N-dealkylation sites (tertiary alicyclic amines) is 1. The predicted molar refractivity (Wildman–Crippen MR) is 69.4 cm³/mol. The first-order valence-corrected chi connectivity index (χ1v) is 6.75. The number of nitrogens with one attached hydrogen (secondary N) is 1. The highest BCUT2D eigenvalue weighted by molar-refractivity contribution is 7.09. The van der Waals surface area contributed by atoms with Crippen LogP contribution < -0.4 is 5.32 Å². The molecule has 2 atom stereocenters. The summed E-state index contributed by atoms with van der Waals surface area (Å²) >= 11 is 1.41. The van der Waals surface area contributed by atoms with Gasteiger partial charge in [-0.1, -0.05) is 0 Å². The molecular weight excluding hydrogens is 236 g/mol. The molecule has 17 heavy (non-hydrogen) atoms. The Morgan fingerprint density at radius 1 is 1.65 bits per heavy atom. The van der Waals surface area contributed by atoms with Gasteiger partial charge in [-0.05, 0) is 32.9 Å². The number of nitrogens with zero attached hydrogens (tertiary/aromatic N) is 3. The van der Waals surface area contributed by atoms with Crippen molar-refractivity contribution in [2.24, 2.45) is 5.92 Å². The Balaban J connectivity index is 1.81. The molecule has 1 N–H and O–H groups in total. The van der Waals surface area contributed by atoms with Crippen molar-refractivity contribution in [3.05, 3.63) is 5.82 Å². The van der Waals surface area contributed by atoms with Crippen LogP contribution in [0, 0.1) is 5.92 Å². The first-order chi connectivity index (χ1) is 8.19. The van der Waals surface area contributed by atoms with Gasteiger partial charge < -0.3 is 15.0 Å².